The number of unbranched alkanes of at least 4 members (excludes halogenated alkanes) is 8. The second-order valence-electron chi connectivity index (χ2n) is 6.95. The molecule has 0 radical (unpaired) electrons. The number of likely N-dealkylation sites (tertiary alicyclic amines) is 1. The molecule has 1 rings (SSSR count). The zero-order valence-corrected chi connectivity index (χ0v) is 15.3. The lowest BCUT2D eigenvalue weighted by atomic mass is 10.0. The lowest BCUT2D eigenvalue weighted by Gasteiger charge is -2.31. The van der Waals surface area contributed by atoms with Crippen LogP contribution in [0.25, 0.3) is 0 Å². The van der Waals surface area contributed by atoms with Crippen molar-refractivity contribution in [3.8, 4) is 11.8 Å². The molecule has 0 aromatic rings. The van der Waals surface area contributed by atoms with Gasteiger partial charge in [-0.05, 0) is 38.8 Å². The van der Waals surface area contributed by atoms with Gasteiger partial charge in [0, 0.05) is 6.42 Å². The standard InChI is InChI=1S/C21H39N/c1-3-5-7-9-11-14-18-21(17-13-10-8-6-4-2)22-19-15-12-16-20-22/h21H,3-13,15-17,19-20H2,1-2H3. The number of nitrogens with zero attached hydrogens (tertiary/aromatic N) is 1. The summed E-state index contributed by atoms with van der Waals surface area (Å²) in [5, 5.41) is 0. The molecule has 128 valence electrons. The number of rotatable bonds is 11. The van der Waals surface area contributed by atoms with E-state index in [0.29, 0.717) is 6.04 Å². The minimum Gasteiger partial charge on any atom is -0.290 e. The topological polar surface area (TPSA) is 3.24 Å². The smallest absolute Gasteiger partial charge is 0.0714 e. The summed E-state index contributed by atoms with van der Waals surface area (Å²) in [6, 6.07) is 0.549. The molecule has 1 aliphatic rings. The summed E-state index contributed by atoms with van der Waals surface area (Å²) < 4.78 is 0. The van der Waals surface area contributed by atoms with Crippen LogP contribution < -0.4 is 0 Å². The van der Waals surface area contributed by atoms with Crippen LogP contribution in [-0.4, -0.2) is 24.0 Å². The molecule has 0 aliphatic carbocycles. The van der Waals surface area contributed by atoms with E-state index in [4.69, 9.17) is 0 Å². The van der Waals surface area contributed by atoms with E-state index in [9.17, 15) is 0 Å². The van der Waals surface area contributed by atoms with E-state index < -0.39 is 0 Å². The monoisotopic (exact) mass is 305 g/mol. The van der Waals surface area contributed by atoms with Crippen LogP contribution in [0.1, 0.15) is 104 Å². The quantitative estimate of drug-likeness (QED) is 0.325. The number of piperidine rings is 1. The Morgan fingerprint density at radius 3 is 2.09 bits per heavy atom. The second kappa shape index (κ2) is 14.1. The van der Waals surface area contributed by atoms with Gasteiger partial charge in [0.05, 0.1) is 6.04 Å². The van der Waals surface area contributed by atoms with Gasteiger partial charge in [-0.15, -0.1) is 5.92 Å². The van der Waals surface area contributed by atoms with Crippen LogP contribution in [0.4, 0.5) is 0 Å². The molecular weight excluding hydrogens is 266 g/mol. The lowest BCUT2D eigenvalue weighted by molar-refractivity contribution is 0.186. The van der Waals surface area contributed by atoms with Crippen molar-refractivity contribution in [1.29, 1.82) is 0 Å². The molecule has 1 heteroatoms. The largest absolute Gasteiger partial charge is 0.290 e. The predicted molar refractivity (Wildman–Crippen MR) is 99.1 cm³/mol. The Kier molecular flexibility index (Phi) is 12.6. The van der Waals surface area contributed by atoms with Crippen molar-refractivity contribution in [1.82, 2.24) is 4.90 Å². The minimum absolute atomic E-state index is 0.549. The second-order valence-corrected chi connectivity index (χ2v) is 6.95. The highest BCUT2D eigenvalue weighted by Crippen LogP contribution is 2.17. The van der Waals surface area contributed by atoms with Crippen molar-refractivity contribution < 1.29 is 0 Å². The fourth-order valence-electron chi connectivity index (χ4n) is 3.35. The van der Waals surface area contributed by atoms with E-state index in [1.165, 1.54) is 96.6 Å². The van der Waals surface area contributed by atoms with Gasteiger partial charge in [-0.2, -0.15) is 0 Å². The summed E-state index contributed by atoms with van der Waals surface area (Å²) in [7, 11) is 0. The van der Waals surface area contributed by atoms with E-state index in [-0.39, 0.29) is 0 Å². The van der Waals surface area contributed by atoms with Gasteiger partial charge in [-0.3, -0.25) is 4.90 Å². The van der Waals surface area contributed by atoms with Gasteiger partial charge in [-0.25, -0.2) is 0 Å². The van der Waals surface area contributed by atoms with E-state index in [0.717, 1.165) is 6.42 Å². The number of hydrogen-bond donors (Lipinski definition) is 0. The Bertz CT molecular complexity index is 293. The van der Waals surface area contributed by atoms with Crippen molar-refractivity contribution in [2.75, 3.05) is 13.1 Å². The van der Waals surface area contributed by atoms with Crippen molar-refractivity contribution in [3.63, 3.8) is 0 Å². The van der Waals surface area contributed by atoms with Gasteiger partial charge >= 0.3 is 0 Å². The zero-order chi connectivity index (χ0) is 15.9. The first kappa shape index (κ1) is 19.6. The molecule has 1 saturated heterocycles. The molecule has 0 spiro atoms. The van der Waals surface area contributed by atoms with Gasteiger partial charge < -0.3 is 0 Å². The Hall–Kier alpha value is -0.480. The third kappa shape index (κ3) is 9.52. The highest BCUT2D eigenvalue weighted by atomic mass is 15.1. The molecule has 1 fully saturated rings. The third-order valence-electron chi connectivity index (χ3n) is 4.84. The molecule has 0 bridgehead atoms. The molecule has 0 N–H and O–H groups in total. The Morgan fingerprint density at radius 1 is 0.773 bits per heavy atom. The fraction of sp³-hybridized carbons (Fsp3) is 0.905. The van der Waals surface area contributed by atoms with Crippen LogP contribution in [0.2, 0.25) is 0 Å². The molecule has 1 atom stereocenters. The van der Waals surface area contributed by atoms with Gasteiger partial charge in [0.15, 0.2) is 0 Å². The van der Waals surface area contributed by atoms with Gasteiger partial charge in [0.2, 0.25) is 0 Å². The summed E-state index contributed by atoms with van der Waals surface area (Å²) in [4.78, 5) is 2.67. The third-order valence-corrected chi connectivity index (χ3v) is 4.84. The summed E-state index contributed by atoms with van der Waals surface area (Å²) >= 11 is 0. The zero-order valence-electron chi connectivity index (χ0n) is 15.3. The van der Waals surface area contributed by atoms with Crippen LogP contribution in [0, 0.1) is 11.8 Å². The number of hydrogen-bond acceptors (Lipinski definition) is 1. The Morgan fingerprint density at radius 2 is 1.41 bits per heavy atom. The van der Waals surface area contributed by atoms with Crippen molar-refractivity contribution >= 4 is 0 Å². The summed E-state index contributed by atoms with van der Waals surface area (Å²) in [6.45, 7) is 7.13. The van der Waals surface area contributed by atoms with Crippen LogP contribution in [0.15, 0.2) is 0 Å². The van der Waals surface area contributed by atoms with E-state index in [2.05, 4.69) is 30.6 Å². The molecule has 0 aromatic carbocycles. The summed E-state index contributed by atoms with van der Waals surface area (Å²) in [5.74, 6) is 7.14. The average molecular weight is 306 g/mol. The first-order valence-electron chi connectivity index (χ1n) is 10.1. The van der Waals surface area contributed by atoms with Gasteiger partial charge in [0.25, 0.3) is 0 Å². The van der Waals surface area contributed by atoms with Crippen molar-refractivity contribution in [2.45, 2.75) is 110 Å². The highest BCUT2D eigenvalue weighted by Gasteiger charge is 2.18. The van der Waals surface area contributed by atoms with Gasteiger partial charge in [-0.1, -0.05) is 77.6 Å². The first-order chi connectivity index (χ1) is 10.9. The molecule has 0 saturated carbocycles. The minimum atomic E-state index is 0.549. The highest BCUT2D eigenvalue weighted by molar-refractivity contribution is 5.08. The van der Waals surface area contributed by atoms with Gasteiger partial charge in [0.1, 0.15) is 0 Å². The molecule has 1 unspecified atom stereocenters. The fourth-order valence-corrected chi connectivity index (χ4v) is 3.35. The molecular formula is C21H39N. The van der Waals surface area contributed by atoms with E-state index >= 15 is 0 Å². The average Bonchev–Trinajstić information content (AvgIpc) is 2.56. The summed E-state index contributed by atoms with van der Waals surface area (Å²) in [5.41, 5.74) is 0. The maximum atomic E-state index is 3.63. The van der Waals surface area contributed by atoms with E-state index in [1.54, 1.807) is 0 Å². The van der Waals surface area contributed by atoms with E-state index in [1.807, 2.05) is 0 Å². The molecule has 22 heavy (non-hydrogen) atoms. The molecule has 1 nitrogen and oxygen atoms in total. The maximum absolute atomic E-state index is 3.63. The summed E-state index contributed by atoms with van der Waals surface area (Å²) in [6.07, 6.45) is 18.8. The Balaban J connectivity index is 2.31. The van der Waals surface area contributed by atoms with Crippen LogP contribution in [0.5, 0.6) is 0 Å². The van der Waals surface area contributed by atoms with Crippen molar-refractivity contribution in [3.05, 3.63) is 0 Å². The predicted octanol–water partition coefficient (Wildman–Crippen LogP) is 6.18. The first-order valence-corrected chi connectivity index (χ1v) is 10.1. The van der Waals surface area contributed by atoms with Crippen LogP contribution >= 0.6 is 0 Å². The molecule has 0 aromatic heterocycles. The molecule has 1 aliphatic heterocycles. The SMILES string of the molecule is CCCCCCC#CC(CCCCCCC)N1CCCCC1. The maximum Gasteiger partial charge on any atom is 0.0714 e. The van der Waals surface area contributed by atoms with Crippen molar-refractivity contribution in [2.24, 2.45) is 0 Å². The lowest BCUT2D eigenvalue weighted by Crippen LogP contribution is -2.38. The normalized spacial score (nSPS) is 17.0. The van der Waals surface area contributed by atoms with Crippen LogP contribution in [-0.2, 0) is 0 Å². The van der Waals surface area contributed by atoms with Crippen LogP contribution in [0.3, 0.4) is 0 Å². The molecule has 0 amide bonds. The molecule has 1 heterocycles. The Labute approximate surface area is 140 Å².